The number of anilines is 1. The minimum atomic E-state index is -0.282. The topological polar surface area (TPSA) is 97.5 Å². The largest absolute Gasteiger partial charge is 0.337 e. The Balaban J connectivity index is 1.25. The Morgan fingerprint density at radius 1 is 1.14 bits per heavy atom. The number of carbonyl (C=O) groups is 2. The first-order chi connectivity index (χ1) is 16.8. The number of rotatable bonds is 6. The van der Waals surface area contributed by atoms with Gasteiger partial charge in [-0.15, -0.1) is 0 Å². The number of hydrogen-bond donors (Lipinski definition) is 3. The van der Waals surface area contributed by atoms with Gasteiger partial charge in [-0.1, -0.05) is 25.4 Å². The van der Waals surface area contributed by atoms with Gasteiger partial charge in [0.25, 0.3) is 11.5 Å². The lowest BCUT2D eigenvalue weighted by Gasteiger charge is -2.35. The molecule has 0 radical (unpaired) electrons. The van der Waals surface area contributed by atoms with E-state index in [1.54, 1.807) is 29.2 Å². The number of halogens is 1. The van der Waals surface area contributed by atoms with Gasteiger partial charge in [0.15, 0.2) is 0 Å². The molecule has 188 valence electrons. The number of amides is 3. The quantitative estimate of drug-likeness (QED) is 0.567. The van der Waals surface area contributed by atoms with Crippen molar-refractivity contribution in [1.29, 1.82) is 0 Å². The Kier molecular flexibility index (Phi) is 8.13. The lowest BCUT2D eigenvalue weighted by molar-refractivity contribution is 0.0637. The number of nitrogens with one attached hydrogen (secondary N) is 3. The van der Waals surface area contributed by atoms with Gasteiger partial charge in [-0.05, 0) is 67.0 Å². The second kappa shape index (κ2) is 11.3. The van der Waals surface area contributed by atoms with Crippen molar-refractivity contribution in [3.05, 3.63) is 62.5 Å². The standard InChI is InChI=1S/C26H34ClN5O3/c1-17(2)18-3-8-23-19(15-18)16-22(24(33)30-23)25(34)32-13-11-31(12-14-32)10-9-28-26(35)29-21-6-4-20(27)5-7-21/h4-7,16-18H,3,8-15H2,1-2H3,(H,30,33)(H2,28,29,35). The Morgan fingerprint density at radius 2 is 1.86 bits per heavy atom. The monoisotopic (exact) mass is 499 g/mol. The molecule has 4 rings (SSSR count). The molecule has 35 heavy (non-hydrogen) atoms. The normalized spacial score (nSPS) is 18.3. The molecule has 2 aliphatic rings. The van der Waals surface area contributed by atoms with Gasteiger partial charge in [-0.2, -0.15) is 0 Å². The molecule has 1 saturated heterocycles. The van der Waals surface area contributed by atoms with Crippen LogP contribution in [0.25, 0.3) is 0 Å². The minimum Gasteiger partial charge on any atom is -0.337 e. The number of hydrogen-bond acceptors (Lipinski definition) is 4. The second-order valence-corrected chi connectivity index (χ2v) is 10.2. The van der Waals surface area contributed by atoms with Crippen LogP contribution < -0.4 is 16.2 Å². The minimum absolute atomic E-state index is 0.194. The van der Waals surface area contributed by atoms with Gasteiger partial charge in [-0.25, -0.2) is 4.79 Å². The summed E-state index contributed by atoms with van der Waals surface area (Å²) in [5.41, 5.74) is 2.74. The molecule has 2 aromatic rings. The van der Waals surface area contributed by atoms with Crippen LogP contribution in [0.3, 0.4) is 0 Å². The molecule has 1 atom stereocenters. The fourth-order valence-corrected chi connectivity index (χ4v) is 4.97. The Labute approximate surface area is 211 Å². The highest BCUT2D eigenvalue weighted by molar-refractivity contribution is 6.30. The smallest absolute Gasteiger partial charge is 0.319 e. The summed E-state index contributed by atoms with van der Waals surface area (Å²) in [5.74, 6) is 0.975. The third-order valence-corrected chi connectivity index (χ3v) is 7.36. The second-order valence-electron chi connectivity index (χ2n) is 9.78. The molecule has 0 spiro atoms. The Hall–Kier alpha value is -2.84. The molecular formula is C26H34ClN5O3. The summed E-state index contributed by atoms with van der Waals surface area (Å²) in [4.78, 5) is 44.8. The van der Waals surface area contributed by atoms with Gasteiger partial charge in [0.2, 0.25) is 0 Å². The first-order valence-corrected chi connectivity index (χ1v) is 12.7. The number of aromatic amines is 1. The third kappa shape index (κ3) is 6.44. The fraction of sp³-hybridized carbons (Fsp3) is 0.500. The fourth-order valence-electron chi connectivity index (χ4n) is 4.84. The number of fused-ring (bicyclic) bond motifs is 1. The maximum Gasteiger partial charge on any atom is 0.319 e. The summed E-state index contributed by atoms with van der Waals surface area (Å²) in [6.07, 6.45) is 2.86. The maximum absolute atomic E-state index is 13.1. The van der Waals surface area contributed by atoms with Gasteiger partial charge in [0, 0.05) is 55.7 Å². The summed E-state index contributed by atoms with van der Waals surface area (Å²) >= 11 is 5.86. The predicted octanol–water partition coefficient (Wildman–Crippen LogP) is 3.37. The average Bonchev–Trinajstić information content (AvgIpc) is 2.84. The van der Waals surface area contributed by atoms with Crippen molar-refractivity contribution >= 4 is 29.2 Å². The van der Waals surface area contributed by atoms with E-state index >= 15 is 0 Å². The van der Waals surface area contributed by atoms with Crippen LogP contribution in [0.15, 0.2) is 35.1 Å². The number of aromatic nitrogens is 1. The van der Waals surface area contributed by atoms with Crippen molar-refractivity contribution in [2.45, 2.75) is 33.1 Å². The van der Waals surface area contributed by atoms with Crippen molar-refractivity contribution in [3.8, 4) is 0 Å². The number of benzene rings is 1. The highest BCUT2D eigenvalue weighted by atomic mass is 35.5. The summed E-state index contributed by atoms with van der Waals surface area (Å²) in [7, 11) is 0. The number of pyridine rings is 1. The van der Waals surface area contributed by atoms with E-state index in [9.17, 15) is 14.4 Å². The van der Waals surface area contributed by atoms with Crippen LogP contribution in [0.1, 0.15) is 41.9 Å². The zero-order valence-electron chi connectivity index (χ0n) is 20.4. The number of H-pyrrole nitrogens is 1. The highest BCUT2D eigenvalue weighted by Gasteiger charge is 2.27. The molecule has 1 aliphatic heterocycles. The van der Waals surface area contributed by atoms with E-state index in [2.05, 4.69) is 34.4 Å². The molecule has 3 amide bonds. The molecule has 1 unspecified atom stereocenters. The van der Waals surface area contributed by atoms with Crippen LogP contribution in [-0.4, -0.2) is 66.0 Å². The number of carbonyl (C=O) groups excluding carboxylic acids is 2. The van der Waals surface area contributed by atoms with Crippen molar-refractivity contribution in [2.24, 2.45) is 11.8 Å². The van der Waals surface area contributed by atoms with Gasteiger partial charge in [0.05, 0.1) is 0 Å². The lowest BCUT2D eigenvalue weighted by atomic mass is 9.80. The van der Waals surface area contributed by atoms with E-state index in [1.165, 1.54) is 0 Å². The molecule has 1 aromatic heterocycles. The first-order valence-electron chi connectivity index (χ1n) is 12.4. The molecular weight excluding hydrogens is 466 g/mol. The Morgan fingerprint density at radius 3 is 2.54 bits per heavy atom. The van der Waals surface area contributed by atoms with E-state index in [0.717, 1.165) is 30.5 Å². The highest BCUT2D eigenvalue weighted by Crippen LogP contribution is 2.29. The van der Waals surface area contributed by atoms with Crippen molar-refractivity contribution in [3.63, 3.8) is 0 Å². The summed E-state index contributed by atoms with van der Waals surface area (Å²) in [6.45, 7) is 8.15. The van der Waals surface area contributed by atoms with Crippen LogP contribution in [-0.2, 0) is 12.8 Å². The van der Waals surface area contributed by atoms with Crippen LogP contribution in [0.5, 0.6) is 0 Å². The molecule has 8 nitrogen and oxygen atoms in total. The molecule has 0 bridgehead atoms. The molecule has 3 N–H and O–H groups in total. The SMILES string of the molecule is CC(C)C1CCc2[nH]c(=O)c(C(=O)N3CCN(CCNC(=O)Nc4ccc(Cl)cc4)CC3)cc2C1. The van der Waals surface area contributed by atoms with Gasteiger partial charge >= 0.3 is 6.03 Å². The van der Waals surface area contributed by atoms with Gasteiger partial charge < -0.3 is 20.5 Å². The van der Waals surface area contributed by atoms with E-state index in [1.807, 2.05) is 6.07 Å². The molecule has 0 saturated carbocycles. The molecule has 9 heteroatoms. The first kappa shape index (κ1) is 25.3. The zero-order chi connectivity index (χ0) is 24.9. The molecule has 1 aromatic carbocycles. The van der Waals surface area contributed by atoms with Crippen LogP contribution in [0.4, 0.5) is 10.5 Å². The van der Waals surface area contributed by atoms with Crippen molar-refractivity contribution < 1.29 is 9.59 Å². The molecule has 2 heterocycles. The van der Waals surface area contributed by atoms with Gasteiger partial charge in [-0.3, -0.25) is 14.5 Å². The summed E-state index contributed by atoms with van der Waals surface area (Å²) in [6, 6.07) is 8.49. The average molecular weight is 500 g/mol. The zero-order valence-corrected chi connectivity index (χ0v) is 21.2. The van der Waals surface area contributed by atoms with Crippen molar-refractivity contribution in [1.82, 2.24) is 20.1 Å². The van der Waals surface area contributed by atoms with Gasteiger partial charge in [0.1, 0.15) is 5.56 Å². The number of aryl methyl sites for hydroxylation is 1. The number of urea groups is 1. The molecule has 1 aliphatic carbocycles. The van der Waals surface area contributed by atoms with E-state index in [0.29, 0.717) is 61.8 Å². The molecule has 1 fully saturated rings. The van der Waals surface area contributed by atoms with Crippen LogP contribution >= 0.6 is 11.6 Å². The van der Waals surface area contributed by atoms with E-state index < -0.39 is 0 Å². The maximum atomic E-state index is 13.1. The third-order valence-electron chi connectivity index (χ3n) is 7.11. The summed E-state index contributed by atoms with van der Waals surface area (Å²) in [5, 5.41) is 6.24. The van der Waals surface area contributed by atoms with Crippen LogP contribution in [0, 0.1) is 11.8 Å². The van der Waals surface area contributed by atoms with E-state index in [-0.39, 0.29) is 23.1 Å². The Bertz CT molecular complexity index is 1110. The van der Waals surface area contributed by atoms with Crippen LogP contribution in [0.2, 0.25) is 5.02 Å². The van der Waals surface area contributed by atoms with Crippen molar-refractivity contribution in [2.75, 3.05) is 44.6 Å². The van der Waals surface area contributed by atoms with E-state index in [4.69, 9.17) is 11.6 Å². The predicted molar refractivity (Wildman–Crippen MR) is 138 cm³/mol. The number of nitrogens with zero attached hydrogens (tertiary/aromatic N) is 2. The number of piperazine rings is 1. The summed E-state index contributed by atoms with van der Waals surface area (Å²) < 4.78 is 0. The lowest BCUT2D eigenvalue weighted by Crippen LogP contribution is -2.51.